The van der Waals surface area contributed by atoms with E-state index in [1.54, 1.807) is 12.1 Å². The first-order chi connectivity index (χ1) is 7.72. The van der Waals surface area contributed by atoms with Crippen molar-refractivity contribution in [3.8, 4) is 0 Å². The Morgan fingerprint density at radius 3 is 2.50 bits per heavy atom. The molecule has 4 nitrogen and oxygen atoms in total. The molecule has 2 aromatic carbocycles. The normalized spacial score (nSPS) is 10.1. The molecule has 80 valence electrons. The standard InChI is InChI=1S/C12H11N3O/c1-8(16)14-11-6-7-12(15-13)10-5-3-2-4-9(10)11/h2-7,13H,1H3,(H,14,16). The zero-order chi connectivity index (χ0) is 11.5. The number of benzene rings is 2. The van der Waals surface area contributed by atoms with E-state index in [0.29, 0.717) is 5.69 Å². The topological polar surface area (TPSA) is 65.3 Å². The van der Waals surface area contributed by atoms with Crippen LogP contribution in [0.1, 0.15) is 6.92 Å². The Kier molecular flexibility index (Phi) is 2.64. The predicted octanol–water partition coefficient (Wildman–Crippen LogP) is 3.46. The zero-order valence-corrected chi connectivity index (χ0v) is 8.82. The minimum Gasteiger partial charge on any atom is -0.326 e. The monoisotopic (exact) mass is 213 g/mol. The molecule has 0 heterocycles. The number of anilines is 1. The lowest BCUT2D eigenvalue weighted by Crippen LogP contribution is -2.05. The van der Waals surface area contributed by atoms with Crippen molar-refractivity contribution in [2.24, 2.45) is 5.11 Å². The van der Waals surface area contributed by atoms with Crippen LogP contribution in [0.4, 0.5) is 11.4 Å². The molecule has 0 unspecified atom stereocenters. The average molecular weight is 213 g/mol. The molecule has 0 aliphatic heterocycles. The lowest BCUT2D eigenvalue weighted by Gasteiger charge is -2.08. The van der Waals surface area contributed by atoms with Crippen molar-refractivity contribution in [3.05, 3.63) is 36.4 Å². The van der Waals surface area contributed by atoms with Crippen LogP contribution in [0.2, 0.25) is 0 Å². The van der Waals surface area contributed by atoms with E-state index in [0.717, 1.165) is 16.5 Å². The van der Waals surface area contributed by atoms with Crippen LogP contribution in [0.25, 0.3) is 10.8 Å². The smallest absolute Gasteiger partial charge is 0.221 e. The highest BCUT2D eigenvalue weighted by Gasteiger charge is 2.05. The number of amides is 1. The largest absolute Gasteiger partial charge is 0.326 e. The maximum atomic E-state index is 11.0. The van der Waals surface area contributed by atoms with Crippen LogP contribution >= 0.6 is 0 Å². The summed E-state index contributed by atoms with van der Waals surface area (Å²) in [6.45, 7) is 1.47. The molecular weight excluding hydrogens is 202 g/mol. The highest BCUT2D eigenvalue weighted by atomic mass is 16.1. The van der Waals surface area contributed by atoms with E-state index < -0.39 is 0 Å². The number of carbonyl (C=O) groups is 1. The summed E-state index contributed by atoms with van der Waals surface area (Å²) in [6.07, 6.45) is 0. The van der Waals surface area contributed by atoms with Gasteiger partial charge in [0.15, 0.2) is 0 Å². The molecule has 2 N–H and O–H groups in total. The molecule has 0 bridgehead atoms. The van der Waals surface area contributed by atoms with E-state index in [1.165, 1.54) is 6.92 Å². The first-order valence-corrected chi connectivity index (χ1v) is 4.89. The summed E-state index contributed by atoms with van der Waals surface area (Å²) in [4.78, 5) is 11.0. The van der Waals surface area contributed by atoms with Gasteiger partial charge in [-0.2, -0.15) is 5.11 Å². The molecule has 1 amide bonds. The van der Waals surface area contributed by atoms with E-state index in [9.17, 15) is 4.79 Å². The van der Waals surface area contributed by atoms with Gasteiger partial charge in [-0.25, -0.2) is 5.53 Å². The van der Waals surface area contributed by atoms with Crippen molar-refractivity contribution in [2.45, 2.75) is 6.92 Å². The second-order valence-corrected chi connectivity index (χ2v) is 3.47. The van der Waals surface area contributed by atoms with Crippen LogP contribution in [0.5, 0.6) is 0 Å². The highest BCUT2D eigenvalue weighted by molar-refractivity contribution is 6.05. The fourth-order valence-corrected chi connectivity index (χ4v) is 1.68. The van der Waals surface area contributed by atoms with Gasteiger partial charge in [0, 0.05) is 23.4 Å². The summed E-state index contributed by atoms with van der Waals surface area (Å²) >= 11 is 0. The number of carbonyl (C=O) groups excluding carboxylic acids is 1. The molecule has 16 heavy (non-hydrogen) atoms. The molecular formula is C12H11N3O. The van der Waals surface area contributed by atoms with Crippen molar-refractivity contribution in [1.82, 2.24) is 0 Å². The van der Waals surface area contributed by atoms with Crippen molar-refractivity contribution in [1.29, 1.82) is 5.53 Å². The average Bonchev–Trinajstić information content (AvgIpc) is 2.29. The molecule has 0 fully saturated rings. The Hall–Kier alpha value is -2.23. The molecule has 0 aliphatic carbocycles. The van der Waals surface area contributed by atoms with Crippen LogP contribution in [0.15, 0.2) is 41.5 Å². The van der Waals surface area contributed by atoms with E-state index in [1.807, 2.05) is 24.3 Å². The van der Waals surface area contributed by atoms with Crippen molar-refractivity contribution < 1.29 is 4.79 Å². The minimum absolute atomic E-state index is 0.110. The molecule has 0 saturated heterocycles. The summed E-state index contributed by atoms with van der Waals surface area (Å²) in [5, 5.41) is 7.97. The third kappa shape index (κ3) is 1.77. The van der Waals surface area contributed by atoms with Crippen LogP contribution in [0.3, 0.4) is 0 Å². The SMILES string of the molecule is CC(=O)Nc1ccc(N=N)c2ccccc12. The molecule has 0 atom stereocenters. The summed E-state index contributed by atoms with van der Waals surface area (Å²) < 4.78 is 0. The van der Waals surface area contributed by atoms with Gasteiger partial charge in [0.2, 0.25) is 5.91 Å². The summed E-state index contributed by atoms with van der Waals surface area (Å²) in [6, 6.07) is 11.0. The molecule has 0 radical (unpaired) electrons. The minimum atomic E-state index is -0.110. The van der Waals surface area contributed by atoms with Gasteiger partial charge in [0.25, 0.3) is 0 Å². The Labute approximate surface area is 92.8 Å². The Morgan fingerprint density at radius 2 is 1.88 bits per heavy atom. The van der Waals surface area contributed by atoms with Gasteiger partial charge >= 0.3 is 0 Å². The quantitative estimate of drug-likeness (QED) is 0.737. The first-order valence-electron chi connectivity index (χ1n) is 4.89. The Bertz CT molecular complexity index is 563. The lowest BCUT2D eigenvalue weighted by molar-refractivity contribution is -0.114. The molecule has 0 saturated carbocycles. The van der Waals surface area contributed by atoms with Crippen LogP contribution in [-0.4, -0.2) is 5.91 Å². The van der Waals surface area contributed by atoms with Gasteiger partial charge in [-0.15, -0.1) is 0 Å². The predicted molar refractivity (Wildman–Crippen MR) is 63.1 cm³/mol. The number of rotatable bonds is 2. The number of nitrogens with zero attached hydrogens (tertiary/aromatic N) is 1. The molecule has 2 aromatic rings. The van der Waals surface area contributed by atoms with Crippen molar-refractivity contribution >= 4 is 28.1 Å². The van der Waals surface area contributed by atoms with Gasteiger partial charge in [0.1, 0.15) is 0 Å². The number of nitrogens with one attached hydrogen (secondary N) is 2. The van der Waals surface area contributed by atoms with Gasteiger partial charge in [0.05, 0.1) is 5.69 Å². The Balaban J connectivity index is 2.69. The second-order valence-electron chi connectivity index (χ2n) is 3.47. The van der Waals surface area contributed by atoms with Gasteiger partial charge < -0.3 is 5.32 Å². The maximum absolute atomic E-state index is 11.0. The maximum Gasteiger partial charge on any atom is 0.221 e. The van der Waals surface area contributed by atoms with Gasteiger partial charge in [-0.3, -0.25) is 4.79 Å². The molecule has 4 heteroatoms. The number of hydrogen-bond acceptors (Lipinski definition) is 3. The number of fused-ring (bicyclic) bond motifs is 1. The fraction of sp³-hybridized carbons (Fsp3) is 0.0833. The zero-order valence-electron chi connectivity index (χ0n) is 8.82. The van der Waals surface area contributed by atoms with E-state index in [-0.39, 0.29) is 5.91 Å². The van der Waals surface area contributed by atoms with Crippen LogP contribution in [0, 0.1) is 5.53 Å². The molecule has 0 aliphatic rings. The van der Waals surface area contributed by atoms with Crippen LogP contribution < -0.4 is 5.32 Å². The van der Waals surface area contributed by atoms with Gasteiger partial charge in [-0.1, -0.05) is 24.3 Å². The summed E-state index contributed by atoms with van der Waals surface area (Å²) in [5.41, 5.74) is 8.42. The lowest BCUT2D eigenvalue weighted by atomic mass is 10.1. The Morgan fingerprint density at radius 1 is 1.19 bits per heavy atom. The fourth-order valence-electron chi connectivity index (χ4n) is 1.68. The summed E-state index contributed by atoms with van der Waals surface area (Å²) in [5.74, 6) is -0.110. The van der Waals surface area contributed by atoms with Gasteiger partial charge in [-0.05, 0) is 12.1 Å². The van der Waals surface area contributed by atoms with Crippen molar-refractivity contribution in [3.63, 3.8) is 0 Å². The van der Waals surface area contributed by atoms with E-state index in [4.69, 9.17) is 5.53 Å². The van der Waals surface area contributed by atoms with E-state index in [2.05, 4.69) is 10.4 Å². The van der Waals surface area contributed by atoms with Crippen molar-refractivity contribution in [2.75, 3.05) is 5.32 Å². The third-order valence-corrected chi connectivity index (χ3v) is 2.33. The molecule has 2 rings (SSSR count). The van der Waals surface area contributed by atoms with Crippen LogP contribution in [-0.2, 0) is 4.79 Å². The molecule has 0 aromatic heterocycles. The van der Waals surface area contributed by atoms with E-state index >= 15 is 0 Å². The first kappa shape index (κ1) is 10.3. The number of hydrogen-bond donors (Lipinski definition) is 2. The highest BCUT2D eigenvalue weighted by Crippen LogP contribution is 2.31. The molecule has 0 spiro atoms. The third-order valence-electron chi connectivity index (χ3n) is 2.33. The summed E-state index contributed by atoms with van der Waals surface area (Å²) in [7, 11) is 0. The second kappa shape index (κ2) is 4.10.